The summed E-state index contributed by atoms with van der Waals surface area (Å²) in [4.78, 5) is 11.7. The minimum absolute atomic E-state index is 0.0326. The van der Waals surface area contributed by atoms with E-state index in [1.807, 2.05) is 13.8 Å². The zero-order chi connectivity index (χ0) is 19.2. The molecule has 0 radical (unpaired) electrons. The van der Waals surface area contributed by atoms with Gasteiger partial charge in [0, 0.05) is 26.2 Å². The van der Waals surface area contributed by atoms with Crippen LogP contribution in [0.1, 0.15) is 19.4 Å². The molecule has 0 aliphatic carbocycles. The summed E-state index contributed by atoms with van der Waals surface area (Å²) >= 11 is 0. The number of morpholine rings is 1. The first kappa shape index (κ1) is 20.6. The summed E-state index contributed by atoms with van der Waals surface area (Å²) in [7, 11) is -3.44. The number of amides is 2. The number of carbonyl (C=O) groups excluding carboxylic acids is 1. The van der Waals surface area contributed by atoms with Gasteiger partial charge in [-0.3, -0.25) is 0 Å². The molecule has 146 valence electrons. The van der Waals surface area contributed by atoms with Crippen molar-refractivity contribution in [3.8, 4) is 0 Å². The SMILES string of the molecule is C[C@H]1CN(S(=O)(=O)CCNC(=O)NCCc2ccc(F)cc2)C[C@H](C)O1. The number of sulfonamides is 1. The Hall–Kier alpha value is -1.71. The topological polar surface area (TPSA) is 87.7 Å². The first-order chi connectivity index (χ1) is 12.3. The summed E-state index contributed by atoms with van der Waals surface area (Å²) in [5.41, 5.74) is 0.907. The van der Waals surface area contributed by atoms with Crippen LogP contribution in [0.3, 0.4) is 0 Å². The molecular formula is C17H26FN3O4S. The number of hydrogen-bond acceptors (Lipinski definition) is 4. The number of carbonyl (C=O) groups is 1. The standard InChI is InChI=1S/C17H26FN3O4S/c1-13-11-21(12-14(2)25-13)26(23,24)10-9-20-17(22)19-8-7-15-3-5-16(18)6-4-15/h3-6,13-14H,7-12H2,1-2H3,(H2,19,20,22)/t13-,14-/m0/s1. The Morgan fingerprint density at radius 3 is 2.35 bits per heavy atom. The second-order valence-corrected chi connectivity index (χ2v) is 8.54. The number of hydrogen-bond donors (Lipinski definition) is 2. The molecule has 0 saturated carbocycles. The molecule has 0 aromatic heterocycles. The zero-order valence-electron chi connectivity index (χ0n) is 15.1. The fraction of sp³-hybridized carbons (Fsp3) is 0.588. The number of nitrogens with zero attached hydrogens (tertiary/aromatic N) is 1. The Kier molecular flexibility index (Phi) is 7.36. The number of rotatable bonds is 7. The number of halogens is 1. The normalized spacial score (nSPS) is 21.3. The number of benzene rings is 1. The van der Waals surface area contributed by atoms with Crippen LogP contribution < -0.4 is 10.6 Å². The molecule has 1 aromatic rings. The van der Waals surface area contributed by atoms with E-state index >= 15 is 0 Å². The summed E-state index contributed by atoms with van der Waals surface area (Å²) < 4.78 is 44.5. The summed E-state index contributed by atoms with van der Waals surface area (Å²) in [6.07, 6.45) is 0.280. The molecule has 2 rings (SSSR count). The summed E-state index contributed by atoms with van der Waals surface area (Å²) in [5.74, 6) is -0.456. The fourth-order valence-corrected chi connectivity index (χ4v) is 4.31. The molecule has 1 fully saturated rings. The van der Waals surface area contributed by atoms with Crippen molar-refractivity contribution in [2.45, 2.75) is 32.5 Å². The van der Waals surface area contributed by atoms with Crippen LogP contribution >= 0.6 is 0 Å². The van der Waals surface area contributed by atoms with Crippen LogP contribution in [0.15, 0.2) is 24.3 Å². The molecular weight excluding hydrogens is 361 g/mol. The van der Waals surface area contributed by atoms with Crippen LogP contribution in [0.25, 0.3) is 0 Å². The van der Waals surface area contributed by atoms with Crippen molar-refractivity contribution in [2.75, 3.05) is 31.9 Å². The predicted molar refractivity (Wildman–Crippen MR) is 96.9 cm³/mol. The van der Waals surface area contributed by atoms with E-state index < -0.39 is 16.1 Å². The van der Waals surface area contributed by atoms with Gasteiger partial charge in [0.05, 0.1) is 18.0 Å². The van der Waals surface area contributed by atoms with Crippen LogP contribution in [0.2, 0.25) is 0 Å². The van der Waals surface area contributed by atoms with Crippen LogP contribution in [0.5, 0.6) is 0 Å². The third-order valence-electron chi connectivity index (χ3n) is 4.04. The molecule has 7 nitrogen and oxygen atoms in total. The Morgan fingerprint density at radius 2 is 1.73 bits per heavy atom. The van der Waals surface area contributed by atoms with Gasteiger partial charge >= 0.3 is 6.03 Å². The first-order valence-electron chi connectivity index (χ1n) is 8.65. The number of urea groups is 1. The lowest BCUT2D eigenvalue weighted by atomic mass is 10.1. The third kappa shape index (κ3) is 6.54. The van der Waals surface area contributed by atoms with Gasteiger partial charge in [-0.05, 0) is 38.0 Å². The monoisotopic (exact) mass is 387 g/mol. The highest BCUT2D eigenvalue weighted by Gasteiger charge is 2.30. The van der Waals surface area contributed by atoms with Crippen LogP contribution in [-0.4, -0.2) is 62.9 Å². The van der Waals surface area contributed by atoms with E-state index in [0.717, 1.165) is 5.56 Å². The van der Waals surface area contributed by atoms with Crippen LogP contribution in [0, 0.1) is 5.82 Å². The summed E-state index contributed by atoms with van der Waals surface area (Å²) in [6, 6.07) is 5.63. The highest BCUT2D eigenvalue weighted by molar-refractivity contribution is 7.89. The average molecular weight is 387 g/mol. The molecule has 2 N–H and O–H groups in total. The number of ether oxygens (including phenoxy) is 1. The average Bonchev–Trinajstić information content (AvgIpc) is 2.55. The van der Waals surface area contributed by atoms with Crippen molar-refractivity contribution in [3.63, 3.8) is 0 Å². The quantitative estimate of drug-likeness (QED) is 0.734. The van der Waals surface area contributed by atoms with E-state index in [4.69, 9.17) is 4.74 Å². The molecule has 1 aliphatic heterocycles. The smallest absolute Gasteiger partial charge is 0.314 e. The minimum Gasteiger partial charge on any atom is -0.373 e. The highest BCUT2D eigenvalue weighted by atomic mass is 32.2. The third-order valence-corrected chi connectivity index (χ3v) is 5.84. The lowest BCUT2D eigenvalue weighted by Gasteiger charge is -2.34. The maximum atomic E-state index is 12.8. The molecule has 26 heavy (non-hydrogen) atoms. The molecule has 0 spiro atoms. The highest BCUT2D eigenvalue weighted by Crippen LogP contribution is 2.14. The Bertz CT molecular complexity index is 686. The Labute approximate surface area is 154 Å². The largest absolute Gasteiger partial charge is 0.373 e. The van der Waals surface area contributed by atoms with Gasteiger partial charge in [0.1, 0.15) is 5.82 Å². The zero-order valence-corrected chi connectivity index (χ0v) is 15.9. The van der Waals surface area contributed by atoms with E-state index in [1.54, 1.807) is 12.1 Å². The van der Waals surface area contributed by atoms with Crippen LogP contribution in [-0.2, 0) is 21.2 Å². The molecule has 1 heterocycles. The predicted octanol–water partition coefficient (Wildman–Crippen LogP) is 1.11. The van der Waals surface area contributed by atoms with Crippen molar-refractivity contribution in [2.24, 2.45) is 0 Å². The summed E-state index contributed by atoms with van der Waals surface area (Å²) in [5, 5.41) is 5.20. The molecule has 0 bridgehead atoms. The molecule has 2 amide bonds. The molecule has 0 unspecified atom stereocenters. The summed E-state index contributed by atoms with van der Waals surface area (Å²) in [6.45, 7) is 4.75. The minimum atomic E-state index is -3.44. The van der Waals surface area contributed by atoms with E-state index in [0.29, 0.717) is 26.1 Å². The van der Waals surface area contributed by atoms with Crippen molar-refractivity contribution >= 4 is 16.1 Å². The molecule has 1 saturated heterocycles. The molecule has 9 heteroatoms. The van der Waals surface area contributed by atoms with Gasteiger partial charge in [0.2, 0.25) is 10.0 Å². The Balaban J connectivity index is 1.67. The maximum Gasteiger partial charge on any atom is 0.314 e. The van der Waals surface area contributed by atoms with Gasteiger partial charge < -0.3 is 15.4 Å². The van der Waals surface area contributed by atoms with Gasteiger partial charge in [-0.25, -0.2) is 17.6 Å². The van der Waals surface area contributed by atoms with Crippen molar-refractivity contribution in [1.29, 1.82) is 0 Å². The van der Waals surface area contributed by atoms with Gasteiger partial charge in [0.15, 0.2) is 0 Å². The second kappa shape index (κ2) is 9.29. The van der Waals surface area contributed by atoms with E-state index in [1.165, 1.54) is 16.4 Å². The maximum absolute atomic E-state index is 12.8. The second-order valence-electron chi connectivity index (χ2n) is 6.45. The van der Waals surface area contributed by atoms with Gasteiger partial charge in [-0.15, -0.1) is 0 Å². The van der Waals surface area contributed by atoms with E-state index in [-0.39, 0.29) is 30.3 Å². The first-order valence-corrected chi connectivity index (χ1v) is 10.3. The lowest BCUT2D eigenvalue weighted by molar-refractivity contribution is -0.0440. The molecule has 2 atom stereocenters. The van der Waals surface area contributed by atoms with Crippen LogP contribution in [0.4, 0.5) is 9.18 Å². The van der Waals surface area contributed by atoms with Crippen molar-refractivity contribution < 1.29 is 22.3 Å². The lowest BCUT2D eigenvalue weighted by Crippen LogP contribution is -2.50. The van der Waals surface area contributed by atoms with Crippen molar-refractivity contribution in [1.82, 2.24) is 14.9 Å². The van der Waals surface area contributed by atoms with Crippen molar-refractivity contribution in [3.05, 3.63) is 35.6 Å². The van der Waals surface area contributed by atoms with E-state index in [9.17, 15) is 17.6 Å². The van der Waals surface area contributed by atoms with E-state index in [2.05, 4.69) is 10.6 Å². The fourth-order valence-electron chi connectivity index (χ4n) is 2.81. The van der Waals surface area contributed by atoms with Gasteiger partial charge in [-0.2, -0.15) is 4.31 Å². The Morgan fingerprint density at radius 1 is 1.15 bits per heavy atom. The van der Waals surface area contributed by atoms with Gasteiger partial charge in [-0.1, -0.05) is 12.1 Å². The van der Waals surface area contributed by atoms with Gasteiger partial charge in [0.25, 0.3) is 0 Å². The molecule has 1 aromatic carbocycles. The number of nitrogens with one attached hydrogen (secondary N) is 2. The molecule has 1 aliphatic rings.